The van der Waals surface area contributed by atoms with E-state index in [1.165, 1.54) is 19.3 Å². The van der Waals surface area contributed by atoms with Crippen molar-refractivity contribution in [2.45, 2.75) is 32.6 Å². The fourth-order valence-corrected chi connectivity index (χ4v) is 2.89. The molecule has 3 nitrogen and oxygen atoms in total. The molecule has 2 rings (SSSR count). The van der Waals surface area contributed by atoms with Gasteiger partial charge in [-0.1, -0.05) is 0 Å². The van der Waals surface area contributed by atoms with Crippen molar-refractivity contribution in [2.75, 3.05) is 18.0 Å². The van der Waals surface area contributed by atoms with Crippen molar-refractivity contribution in [3.05, 3.63) is 11.1 Å². The van der Waals surface area contributed by atoms with Gasteiger partial charge in [0, 0.05) is 30.6 Å². The predicted molar refractivity (Wildman–Crippen MR) is 62.6 cm³/mol. The molecule has 82 valence electrons. The number of anilines is 1. The smallest absolute Gasteiger partial charge is 0.185 e. The molecule has 0 radical (unpaired) electrons. The maximum Gasteiger partial charge on any atom is 0.185 e. The quantitative estimate of drug-likeness (QED) is 0.789. The van der Waals surface area contributed by atoms with Crippen LogP contribution < -0.4 is 4.90 Å². The van der Waals surface area contributed by atoms with Gasteiger partial charge in [0.1, 0.15) is 5.78 Å². The Morgan fingerprint density at radius 3 is 2.87 bits per heavy atom. The van der Waals surface area contributed by atoms with Gasteiger partial charge in [-0.2, -0.15) is 0 Å². The number of carbonyl (C=O) groups is 1. The van der Waals surface area contributed by atoms with E-state index in [0.717, 1.165) is 23.1 Å². The van der Waals surface area contributed by atoms with Crippen molar-refractivity contribution in [3.63, 3.8) is 0 Å². The van der Waals surface area contributed by atoms with Gasteiger partial charge in [0.2, 0.25) is 0 Å². The van der Waals surface area contributed by atoms with Gasteiger partial charge < -0.3 is 4.90 Å². The number of thiazole rings is 1. The summed E-state index contributed by atoms with van der Waals surface area (Å²) in [6, 6.07) is 0. The van der Waals surface area contributed by atoms with Crippen LogP contribution in [-0.2, 0) is 11.2 Å². The average Bonchev–Trinajstić information content (AvgIpc) is 2.67. The maximum atomic E-state index is 11.0. The highest BCUT2D eigenvalue weighted by Gasteiger charge is 2.14. The Kier molecular flexibility index (Phi) is 3.36. The second kappa shape index (κ2) is 4.75. The van der Waals surface area contributed by atoms with Crippen molar-refractivity contribution in [3.8, 4) is 0 Å². The van der Waals surface area contributed by atoms with E-state index in [0.29, 0.717) is 6.42 Å². The first-order valence-electron chi connectivity index (χ1n) is 5.45. The average molecular weight is 224 g/mol. The van der Waals surface area contributed by atoms with Crippen molar-refractivity contribution in [1.29, 1.82) is 0 Å². The molecule has 1 aliphatic rings. The van der Waals surface area contributed by atoms with E-state index in [-0.39, 0.29) is 5.78 Å². The van der Waals surface area contributed by atoms with Gasteiger partial charge in [-0.15, -0.1) is 11.3 Å². The standard InChI is InChI=1S/C11H16N2OS/c1-9(14)7-10-8-12-11(15-10)13-5-3-2-4-6-13/h8H,2-7H2,1H3. The highest BCUT2D eigenvalue weighted by molar-refractivity contribution is 7.15. The topological polar surface area (TPSA) is 33.2 Å². The largest absolute Gasteiger partial charge is 0.348 e. The van der Waals surface area contributed by atoms with Crippen molar-refractivity contribution < 1.29 is 4.79 Å². The van der Waals surface area contributed by atoms with Gasteiger partial charge in [-0.3, -0.25) is 4.79 Å². The van der Waals surface area contributed by atoms with Crippen LogP contribution in [0.2, 0.25) is 0 Å². The minimum absolute atomic E-state index is 0.212. The van der Waals surface area contributed by atoms with Gasteiger partial charge in [0.25, 0.3) is 0 Å². The Hall–Kier alpha value is -0.900. The van der Waals surface area contributed by atoms with Gasteiger partial charge >= 0.3 is 0 Å². The first kappa shape index (κ1) is 10.6. The van der Waals surface area contributed by atoms with Crippen LogP contribution in [0.1, 0.15) is 31.1 Å². The molecule has 0 amide bonds. The zero-order valence-corrected chi connectivity index (χ0v) is 9.85. The van der Waals surface area contributed by atoms with E-state index in [1.54, 1.807) is 18.3 Å². The molecule has 0 spiro atoms. The molecular weight excluding hydrogens is 208 g/mol. The third kappa shape index (κ3) is 2.78. The van der Waals surface area contributed by atoms with Gasteiger partial charge in [-0.25, -0.2) is 4.98 Å². The lowest BCUT2D eigenvalue weighted by atomic mass is 10.1. The summed E-state index contributed by atoms with van der Waals surface area (Å²) in [6.07, 6.45) is 6.24. The van der Waals surface area contributed by atoms with E-state index in [2.05, 4.69) is 9.88 Å². The molecule has 1 aromatic heterocycles. The van der Waals surface area contributed by atoms with Crippen LogP contribution in [0.3, 0.4) is 0 Å². The summed E-state index contributed by atoms with van der Waals surface area (Å²) in [5, 5.41) is 1.09. The molecule has 0 atom stereocenters. The highest BCUT2D eigenvalue weighted by atomic mass is 32.1. The number of rotatable bonds is 3. The Bertz CT molecular complexity index is 342. The van der Waals surface area contributed by atoms with Crippen LogP contribution in [0.15, 0.2) is 6.20 Å². The van der Waals surface area contributed by atoms with Crippen molar-refractivity contribution >= 4 is 22.3 Å². The number of carbonyl (C=O) groups excluding carboxylic acids is 1. The fourth-order valence-electron chi connectivity index (χ4n) is 1.86. The molecule has 4 heteroatoms. The van der Waals surface area contributed by atoms with Gasteiger partial charge in [-0.05, 0) is 26.2 Å². The minimum Gasteiger partial charge on any atom is -0.348 e. The molecule has 0 saturated carbocycles. The van der Waals surface area contributed by atoms with Crippen molar-refractivity contribution in [1.82, 2.24) is 4.98 Å². The lowest BCUT2D eigenvalue weighted by molar-refractivity contribution is -0.116. The fraction of sp³-hybridized carbons (Fsp3) is 0.636. The van der Waals surface area contributed by atoms with Crippen LogP contribution in [0.25, 0.3) is 0 Å². The Morgan fingerprint density at radius 2 is 2.20 bits per heavy atom. The lowest BCUT2D eigenvalue weighted by Crippen LogP contribution is -2.29. The van der Waals surface area contributed by atoms with E-state index in [4.69, 9.17) is 0 Å². The molecule has 1 saturated heterocycles. The number of Topliss-reactive ketones (excluding diaryl/α,β-unsaturated/α-hetero) is 1. The summed E-state index contributed by atoms with van der Waals surface area (Å²) < 4.78 is 0. The van der Waals surface area contributed by atoms with E-state index in [9.17, 15) is 4.79 Å². The van der Waals surface area contributed by atoms with E-state index in [1.807, 2.05) is 6.20 Å². The molecule has 1 aliphatic heterocycles. The third-order valence-corrected chi connectivity index (χ3v) is 3.65. The first-order chi connectivity index (χ1) is 7.25. The number of piperidine rings is 1. The second-order valence-electron chi connectivity index (χ2n) is 4.04. The zero-order chi connectivity index (χ0) is 10.7. The minimum atomic E-state index is 0.212. The summed E-state index contributed by atoms with van der Waals surface area (Å²) in [6.45, 7) is 3.86. The molecule has 0 aromatic carbocycles. The van der Waals surface area contributed by atoms with Crippen LogP contribution >= 0.6 is 11.3 Å². The third-order valence-electron chi connectivity index (χ3n) is 2.59. The van der Waals surface area contributed by atoms with Crippen LogP contribution in [-0.4, -0.2) is 23.9 Å². The molecule has 15 heavy (non-hydrogen) atoms. The summed E-state index contributed by atoms with van der Waals surface area (Å²) in [5.41, 5.74) is 0. The molecule has 0 unspecified atom stereocenters. The normalized spacial score (nSPS) is 16.7. The molecule has 1 fully saturated rings. The predicted octanol–water partition coefficient (Wildman–Crippen LogP) is 2.26. The van der Waals surface area contributed by atoms with Crippen molar-refractivity contribution in [2.24, 2.45) is 0 Å². The molecule has 2 heterocycles. The van der Waals surface area contributed by atoms with Crippen LogP contribution in [0, 0.1) is 0 Å². The van der Waals surface area contributed by atoms with E-state index >= 15 is 0 Å². The van der Waals surface area contributed by atoms with Crippen LogP contribution in [0.4, 0.5) is 5.13 Å². The Morgan fingerprint density at radius 1 is 1.47 bits per heavy atom. The lowest BCUT2D eigenvalue weighted by Gasteiger charge is -2.25. The monoisotopic (exact) mass is 224 g/mol. The SMILES string of the molecule is CC(=O)Cc1cnc(N2CCCCC2)s1. The maximum absolute atomic E-state index is 11.0. The highest BCUT2D eigenvalue weighted by Crippen LogP contribution is 2.25. The van der Waals surface area contributed by atoms with Gasteiger partial charge in [0.15, 0.2) is 5.13 Å². The number of ketones is 1. The number of nitrogens with zero attached hydrogens (tertiary/aromatic N) is 2. The summed E-state index contributed by atoms with van der Waals surface area (Å²) in [5.74, 6) is 0.212. The molecule has 0 N–H and O–H groups in total. The summed E-state index contributed by atoms with van der Waals surface area (Å²) in [7, 11) is 0. The van der Waals surface area contributed by atoms with Gasteiger partial charge in [0.05, 0.1) is 0 Å². The first-order valence-corrected chi connectivity index (χ1v) is 6.26. The number of aromatic nitrogens is 1. The molecule has 1 aromatic rings. The van der Waals surface area contributed by atoms with E-state index < -0.39 is 0 Å². The molecule has 0 aliphatic carbocycles. The number of hydrogen-bond donors (Lipinski definition) is 0. The van der Waals surface area contributed by atoms with Crippen LogP contribution in [0.5, 0.6) is 0 Å². The Balaban J connectivity index is 2.02. The molecular formula is C11H16N2OS. The number of hydrogen-bond acceptors (Lipinski definition) is 4. The zero-order valence-electron chi connectivity index (χ0n) is 9.03. The molecule has 0 bridgehead atoms. The summed E-state index contributed by atoms with van der Waals surface area (Å²) >= 11 is 1.66. The Labute approximate surface area is 94.1 Å². The second-order valence-corrected chi connectivity index (χ2v) is 5.13. The summed E-state index contributed by atoms with van der Waals surface area (Å²) in [4.78, 5) is 18.8.